The van der Waals surface area contributed by atoms with Gasteiger partial charge >= 0.3 is 0 Å². The Morgan fingerprint density at radius 1 is 0.800 bits per heavy atom. The fraction of sp³-hybridized carbons (Fsp3) is 0.882. The highest BCUT2D eigenvalue weighted by Gasteiger charge is 1.95. The van der Waals surface area contributed by atoms with Crippen LogP contribution in [0, 0.1) is 10.7 Å². The summed E-state index contributed by atoms with van der Waals surface area (Å²) in [6.45, 7) is 1.68. The molecule has 2 nitrogen and oxygen atoms in total. The maximum absolute atomic E-state index is 10.8. The molecule has 0 saturated heterocycles. The molecule has 0 spiro atoms. The van der Waals surface area contributed by atoms with Crippen LogP contribution in [0.1, 0.15) is 90.4 Å². The monoisotopic (exact) mass is 297 g/mol. The van der Waals surface area contributed by atoms with Gasteiger partial charge in [0, 0.05) is 12.2 Å². The Kier molecular flexibility index (Phi) is 16.2. The highest BCUT2D eigenvalue weighted by molar-refractivity contribution is 8.03. The van der Waals surface area contributed by atoms with E-state index in [0.29, 0.717) is 5.78 Å². The standard InChI is InChI=1S/C17H31NOS/c1-17(19)14-12-10-8-6-4-2-3-5-7-9-11-13-15-20-16-18/h2-15H2,1H3. The maximum atomic E-state index is 10.8. The van der Waals surface area contributed by atoms with Crippen LogP contribution in [-0.2, 0) is 4.79 Å². The summed E-state index contributed by atoms with van der Waals surface area (Å²) in [6, 6.07) is 0. The zero-order valence-electron chi connectivity index (χ0n) is 13.2. The number of nitriles is 1. The molecule has 0 bridgehead atoms. The van der Waals surface area contributed by atoms with Gasteiger partial charge in [0.1, 0.15) is 11.2 Å². The molecule has 0 N–H and O–H groups in total. The Labute approximate surface area is 129 Å². The van der Waals surface area contributed by atoms with E-state index in [0.717, 1.165) is 18.6 Å². The lowest BCUT2D eigenvalue weighted by atomic mass is 10.0. The van der Waals surface area contributed by atoms with Crippen LogP contribution in [0.25, 0.3) is 0 Å². The smallest absolute Gasteiger partial charge is 0.133 e. The van der Waals surface area contributed by atoms with Gasteiger partial charge in [0.05, 0.1) is 0 Å². The Bertz CT molecular complexity index is 260. The summed E-state index contributed by atoms with van der Waals surface area (Å²) < 4.78 is 0. The van der Waals surface area contributed by atoms with Crippen molar-refractivity contribution in [2.45, 2.75) is 90.4 Å². The number of carbonyl (C=O) groups is 1. The van der Waals surface area contributed by atoms with E-state index in [2.05, 4.69) is 5.40 Å². The van der Waals surface area contributed by atoms with E-state index < -0.39 is 0 Å². The molecular weight excluding hydrogens is 266 g/mol. The number of rotatable bonds is 15. The van der Waals surface area contributed by atoms with Crippen LogP contribution in [0.5, 0.6) is 0 Å². The van der Waals surface area contributed by atoms with Crippen molar-refractivity contribution >= 4 is 17.5 Å². The van der Waals surface area contributed by atoms with Gasteiger partial charge in [-0.3, -0.25) is 0 Å². The first-order chi connectivity index (χ1) is 9.77. The molecule has 0 aromatic heterocycles. The van der Waals surface area contributed by atoms with Crippen molar-refractivity contribution in [2.75, 3.05) is 5.75 Å². The molecule has 0 unspecified atom stereocenters. The van der Waals surface area contributed by atoms with Crippen molar-refractivity contribution in [2.24, 2.45) is 0 Å². The lowest BCUT2D eigenvalue weighted by molar-refractivity contribution is -0.117. The summed E-state index contributed by atoms with van der Waals surface area (Å²) in [4.78, 5) is 10.8. The number of Topliss-reactive ketones (excluding diaryl/α,β-unsaturated/α-hetero) is 1. The van der Waals surface area contributed by atoms with E-state index in [1.54, 1.807) is 6.92 Å². The third kappa shape index (κ3) is 17.5. The lowest BCUT2D eigenvalue weighted by Gasteiger charge is -2.02. The number of thioether (sulfide) groups is 1. The van der Waals surface area contributed by atoms with E-state index in [-0.39, 0.29) is 0 Å². The zero-order valence-corrected chi connectivity index (χ0v) is 14.0. The number of carbonyl (C=O) groups excluding carboxylic acids is 1. The van der Waals surface area contributed by atoms with Crippen LogP contribution in [0.4, 0.5) is 0 Å². The van der Waals surface area contributed by atoms with E-state index in [9.17, 15) is 4.79 Å². The van der Waals surface area contributed by atoms with Crippen LogP contribution in [0.2, 0.25) is 0 Å². The van der Waals surface area contributed by atoms with Gasteiger partial charge in [-0.05, 0) is 31.5 Å². The minimum atomic E-state index is 0.330. The summed E-state index contributed by atoms with van der Waals surface area (Å²) >= 11 is 1.38. The van der Waals surface area contributed by atoms with Gasteiger partial charge in [0.25, 0.3) is 0 Å². The van der Waals surface area contributed by atoms with Crippen LogP contribution in [-0.4, -0.2) is 11.5 Å². The molecule has 0 heterocycles. The molecule has 0 atom stereocenters. The van der Waals surface area contributed by atoms with Crippen LogP contribution in [0.15, 0.2) is 0 Å². The quantitative estimate of drug-likeness (QED) is 0.281. The molecule has 0 aromatic carbocycles. The first-order valence-corrected chi connectivity index (χ1v) is 9.26. The Morgan fingerprint density at radius 2 is 1.20 bits per heavy atom. The number of thiocyanates is 1. The third-order valence-electron chi connectivity index (χ3n) is 3.59. The number of hydrogen-bond donors (Lipinski definition) is 0. The van der Waals surface area contributed by atoms with Crippen molar-refractivity contribution in [3.8, 4) is 5.40 Å². The molecule has 3 heteroatoms. The third-order valence-corrected chi connectivity index (χ3v) is 4.21. The van der Waals surface area contributed by atoms with E-state index >= 15 is 0 Å². The second-order valence-electron chi connectivity index (χ2n) is 5.63. The molecule has 0 saturated carbocycles. The number of unbranched alkanes of at least 4 members (excludes halogenated alkanes) is 11. The van der Waals surface area contributed by atoms with Gasteiger partial charge in [-0.2, -0.15) is 5.26 Å². The highest BCUT2D eigenvalue weighted by Crippen LogP contribution is 2.13. The van der Waals surface area contributed by atoms with Crippen molar-refractivity contribution < 1.29 is 4.79 Å². The average molecular weight is 298 g/mol. The van der Waals surface area contributed by atoms with Gasteiger partial charge in [-0.15, -0.1) is 0 Å². The number of hydrogen-bond acceptors (Lipinski definition) is 3. The maximum Gasteiger partial charge on any atom is 0.133 e. The lowest BCUT2D eigenvalue weighted by Crippen LogP contribution is -1.89. The summed E-state index contributed by atoms with van der Waals surface area (Å²) in [7, 11) is 0. The van der Waals surface area contributed by atoms with Gasteiger partial charge < -0.3 is 4.79 Å². The molecule has 0 amide bonds. The predicted octanol–water partition coefficient (Wildman–Crippen LogP) is 5.86. The summed E-state index contributed by atoms with van der Waals surface area (Å²) in [5.74, 6) is 1.33. The number of ketones is 1. The molecule has 0 aliphatic rings. The zero-order chi connectivity index (χ0) is 14.9. The Balaban J connectivity index is 2.96. The first kappa shape index (κ1) is 19.5. The van der Waals surface area contributed by atoms with Crippen LogP contribution in [0.3, 0.4) is 0 Å². The second-order valence-corrected chi connectivity index (χ2v) is 6.51. The Hall–Kier alpha value is -0.490. The summed E-state index contributed by atoms with van der Waals surface area (Å²) in [6.07, 6.45) is 16.3. The molecule has 20 heavy (non-hydrogen) atoms. The van der Waals surface area contributed by atoms with Crippen LogP contribution < -0.4 is 0 Å². The van der Waals surface area contributed by atoms with Gasteiger partial charge in [0.15, 0.2) is 0 Å². The largest absolute Gasteiger partial charge is 0.300 e. The van der Waals surface area contributed by atoms with Crippen LogP contribution >= 0.6 is 11.8 Å². The van der Waals surface area contributed by atoms with Crippen molar-refractivity contribution in [3.05, 3.63) is 0 Å². The normalized spacial score (nSPS) is 10.4. The SMILES string of the molecule is CC(=O)CCCCCCCCCCCCCCSC#N. The van der Waals surface area contributed by atoms with Crippen molar-refractivity contribution in [1.82, 2.24) is 0 Å². The van der Waals surface area contributed by atoms with Crippen molar-refractivity contribution in [1.29, 1.82) is 5.26 Å². The molecular formula is C17H31NOS. The van der Waals surface area contributed by atoms with E-state index in [4.69, 9.17) is 5.26 Å². The minimum absolute atomic E-state index is 0.330. The molecule has 0 fully saturated rings. The summed E-state index contributed by atoms with van der Waals surface area (Å²) in [5, 5.41) is 10.5. The minimum Gasteiger partial charge on any atom is -0.300 e. The fourth-order valence-electron chi connectivity index (χ4n) is 2.36. The van der Waals surface area contributed by atoms with E-state index in [1.807, 2.05) is 0 Å². The van der Waals surface area contributed by atoms with Gasteiger partial charge in [-0.1, -0.05) is 64.2 Å². The van der Waals surface area contributed by atoms with E-state index in [1.165, 1.54) is 82.4 Å². The highest BCUT2D eigenvalue weighted by atomic mass is 32.2. The second kappa shape index (κ2) is 16.6. The Morgan fingerprint density at radius 3 is 1.60 bits per heavy atom. The fourth-order valence-corrected chi connectivity index (χ4v) is 2.80. The molecule has 0 rings (SSSR count). The summed E-state index contributed by atoms with van der Waals surface area (Å²) in [5.41, 5.74) is 0. The first-order valence-electron chi connectivity index (χ1n) is 8.27. The average Bonchev–Trinajstić information content (AvgIpc) is 2.43. The topological polar surface area (TPSA) is 40.9 Å². The predicted molar refractivity (Wildman–Crippen MR) is 88.8 cm³/mol. The van der Waals surface area contributed by atoms with Gasteiger partial charge in [-0.25, -0.2) is 0 Å². The molecule has 0 radical (unpaired) electrons. The molecule has 0 aliphatic carbocycles. The number of nitrogens with zero attached hydrogens (tertiary/aromatic N) is 1. The molecule has 0 aliphatic heterocycles. The molecule has 116 valence electrons. The van der Waals surface area contributed by atoms with Gasteiger partial charge in [0.2, 0.25) is 0 Å². The van der Waals surface area contributed by atoms with Crippen molar-refractivity contribution in [3.63, 3.8) is 0 Å². The molecule has 0 aromatic rings.